The highest BCUT2D eigenvalue weighted by Crippen LogP contribution is 2.32. The summed E-state index contributed by atoms with van der Waals surface area (Å²) in [6.45, 7) is 5.30. The SMILES string of the molecule is COC(=O)c1cc(Br)c(OS(=O)(=O)C(F)(F)F)c([Si](C)(C)C)c1. The van der Waals surface area contributed by atoms with Gasteiger partial charge >= 0.3 is 21.6 Å². The second-order valence-corrected chi connectivity index (χ2v) is 13.0. The van der Waals surface area contributed by atoms with E-state index >= 15 is 0 Å². The first kappa shape index (κ1) is 20.0. The minimum absolute atomic E-state index is 0.0774. The van der Waals surface area contributed by atoms with E-state index in [0.717, 1.165) is 13.2 Å². The van der Waals surface area contributed by atoms with Crippen LogP contribution in [0.2, 0.25) is 19.6 Å². The quantitative estimate of drug-likeness (QED) is 0.315. The predicted molar refractivity (Wildman–Crippen MR) is 84.1 cm³/mol. The molecule has 23 heavy (non-hydrogen) atoms. The topological polar surface area (TPSA) is 69.7 Å². The average Bonchev–Trinajstić information content (AvgIpc) is 2.37. The Morgan fingerprint density at radius 3 is 2.13 bits per heavy atom. The monoisotopic (exact) mass is 434 g/mol. The average molecular weight is 435 g/mol. The molecule has 0 spiro atoms. The molecular formula is C12H14BrF3O5SSi. The molecule has 0 fully saturated rings. The summed E-state index contributed by atoms with van der Waals surface area (Å²) in [4.78, 5) is 11.6. The Bertz CT molecular complexity index is 725. The van der Waals surface area contributed by atoms with Crippen molar-refractivity contribution in [1.82, 2.24) is 0 Å². The summed E-state index contributed by atoms with van der Waals surface area (Å²) >= 11 is 2.97. The van der Waals surface area contributed by atoms with Crippen molar-refractivity contribution in [2.24, 2.45) is 0 Å². The minimum atomic E-state index is -5.82. The van der Waals surface area contributed by atoms with Crippen molar-refractivity contribution in [2.75, 3.05) is 7.11 Å². The molecule has 1 aromatic carbocycles. The zero-order valence-electron chi connectivity index (χ0n) is 12.6. The van der Waals surface area contributed by atoms with Crippen LogP contribution >= 0.6 is 15.9 Å². The smallest absolute Gasteiger partial charge is 0.465 e. The van der Waals surface area contributed by atoms with Crippen LogP contribution < -0.4 is 9.37 Å². The summed E-state index contributed by atoms with van der Waals surface area (Å²) < 4.78 is 69.0. The molecule has 130 valence electrons. The maximum absolute atomic E-state index is 12.6. The molecule has 0 radical (unpaired) electrons. The number of halogens is 4. The number of hydrogen-bond acceptors (Lipinski definition) is 5. The van der Waals surface area contributed by atoms with E-state index in [1.165, 1.54) is 6.07 Å². The highest BCUT2D eigenvalue weighted by Gasteiger charge is 2.49. The molecule has 5 nitrogen and oxygen atoms in total. The van der Waals surface area contributed by atoms with E-state index in [-0.39, 0.29) is 15.2 Å². The van der Waals surface area contributed by atoms with Gasteiger partial charge in [0.1, 0.15) is 0 Å². The summed E-state index contributed by atoms with van der Waals surface area (Å²) in [6.07, 6.45) is 0. The third-order valence-electron chi connectivity index (χ3n) is 2.75. The minimum Gasteiger partial charge on any atom is -0.465 e. The van der Waals surface area contributed by atoms with Crippen molar-refractivity contribution in [1.29, 1.82) is 0 Å². The molecule has 0 atom stereocenters. The predicted octanol–water partition coefficient (Wildman–Crippen LogP) is 3.01. The van der Waals surface area contributed by atoms with Crippen LogP contribution in [-0.4, -0.2) is 35.1 Å². The van der Waals surface area contributed by atoms with Gasteiger partial charge in [-0.2, -0.15) is 21.6 Å². The van der Waals surface area contributed by atoms with Gasteiger partial charge in [-0.05, 0) is 33.2 Å². The normalized spacial score (nSPS) is 12.9. The Balaban J connectivity index is 3.58. The third-order valence-corrected chi connectivity index (χ3v) is 6.28. The molecule has 0 aliphatic heterocycles. The highest BCUT2D eigenvalue weighted by atomic mass is 79.9. The van der Waals surface area contributed by atoms with Crippen LogP contribution in [0.25, 0.3) is 0 Å². The van der Waals surface area contributed by atoms with Crippen LogP contribution in [-0.2, 0) is 14.9 Å². The number of esters is 1. The van der Waals surface area contributed by atoms with Gasteiger partial charge in [-0.3, -0.25) is 0 Å². The summed E-state index contributed by atoms with van der Waals surface area (Å²) in [6, 6.07) is 2.45. The molecule has 0 heterocycles. The van der Waals surface area contributed by atoms with E-state index in [9.17, 15) is 26.4 Å². The molecule has 0 saturated carbocycles. The fourth-order valence-corrected chi connectivity index (χ4v) is 4.48. The Kier molecular flexibility index (Phi) is 5.59. The van der Waals surface area contributed by atoms with E-state index in [2.05, 4.69) is 24.8 Å². The van der Waals surface area contributed by atoms with E-state index in [1.807, 2.05) is 0 Å². The molecule has 1 aromatic rings. The highest BCUT2D eigenvalue weighted by molar-refractivity contribution is 9.10. The van der Waals surface area contributed by atoms with Gasteiger partial charge in [0.2, 0.25) is 0 Å². The van der Waals surface area contributed by atoms with Crippen molar-refractivity contribution in [3.05, 3.63) is 22.2 Å². The lowest BCUT2D eigenvalue weighted by Gasteiger charge is -2.23. The second-order valence-electron chi connectivity index (χ2n) is 5.56. The van der Waals surface area contributed by atoms with E-state index in [0.29, 0.717) is 0 Å². The Labute approximate surface area is 141 Å². The van der Waals surface area contributed by atoms with Crippen LogP contribution in [0.5, 0.6) is 5.75 Å². The van der Waals surface area contributed by atoms with Gasteiger partial charge in [0.05, 0.1) is 25.2 Å². The molecule has 0 N–H and O–H groups in total. The molecule has 1 rings (SSSR count). The number of rotatable bonds is 4. The zero-order valence-corrected chi connectivity index (χ0v) is 16.0. The van der Waals surface area contributed by atoms with Crippen LogP contribution in [0.4, 0.5) is 13.2 Å². The summed E-state index contributed by atoms with van der Waals surface area (Å²) in [5, 5.41) is 0.236. The standard InChI is InChI=1S/C12H14BrF3O5SSi/c1-20-11(17)7-5-8(13)10(9(6-7)23(2,3)4)21-22(18,19)12(14,15)16/h5-6H,1-4H3. The lowest BCUT2D eigenvalue weighted by atomic mass is 10.2. The zero-order chi connectivity index (χ0) is 18.2. The Hall–Kier alpha value is -1.07. The first-order valence-electron chi connectivity index (χ1n) is 6.14. The summed E-state index contributed by atoms with van der Waals surface area (Å²) in [5.74, 6) is -1.16. The van der Waals surface area contributed by atoms with Crippen LogP contribution in [0, 0.1) is 0 Å². The van der Waals surface area contributed by atoms with Crippen LogP contribution in [0.3, 0.4) is 0 Å². The second kappa shape index (κ2) is 6.44. The van der Waals surface area contributed by atoms with Gasteiger partial charge in [-0.25, -0.2) is 4.79 Å². The number of carbonyl (C=O) groups is 1. The molecule has 0 aliphatic carbocycles. The summed E-state index contributed by atoms with van der Waals surface area (Å²) in [5.41, 5.74) is -5.47. The third kappa shape index (κ3) is 4.48. The van der Waals surface area contributed by atoms with Crippen LogP contribution in [0.15, 0.2) is 16.6 Å². The number of carbonyl (C=O) groups excluding carboxylic acids is 1. The first-order chi connectivity index (χ1) is 10.2. The van der Waals surface area contributed by atoms with Crippen molar-refractivity contribution >= 4 is 45.3 Å². The molecule has 0 aliphatic rings. The maximum atomic E-state index is 12.6. The van der Waals surface area contributed by atoms with E-state index in [1.54, 1.807) is 19.6 Å². The summed E-state index contributed by atoms with van der Waals surface area (Å²) in [7, 11) is -7.02. The number of ether oxygens (including phenoxy) is 1. The maximum Gasteiger partial charge on any atom is 0.534 e. The number of benzene rings is 1. The lowest BCUT2D eigenvalue weighted by molar-refractivity contribution is -0.0500. The molecule has 0 bridgehead atoms. The van der Waals surface area contributed by atoms with Gasteiger partial charge in [-0.1, -0.05) is 19.6 Å². The molecule has 0 amide bonds. The Morgan fingerprint density at radius 1 is 1.22 bits per heavy atom. The number of alkyl halides is 3. The molecule has 11 heteroatoms. The van der Waals surface area contributed by atoms with Crippen molar-refractivity contribution in [3.63, 3.8) is 0 Å². The van der Waals surface area contributed by atoms with Crippen LogP contribution in [0.1, 0.15) is 10.4 Å². The molecule has 0 unspecified atom stereocenters. The van der Waals surface area contributed by atoms with Crippen molar-refractivity contribution in [3.8, 4) is 5.75 Å². The largest absolute Gasteiger partial charge is 0.534 e. The fraction of sp³-hybridized carbons (Fsp3) is 0.417. The lowest BCUT2D eigenvalue weighted by Crippen LogP contribution is -2.41. The van der Waals surface area contributed by atoms with Crippen molar-refractivity contribution in [2.45, 2.75) is 25.1 Å². The van der Waals surface area contributed by atoms with Gasteiger partial charge in [0.25, 0.3) is 0 Å². The van der Waals surface area contributed by atoms with Gasteiger partial charge in [0, 0.05) is 0 Å². The van der Waals surface area contributed by atoms with Gasteiger partial charge in [0.15, 0.2) is 5.75 Å². The number of hydrogen-bond donors (Lipinski definition) is 0. The van der Waals surface area contributed by atoms with Gasteiger partial charge in [-0.15, -0.1) is 0 Å². The van der Waals surface area contributed by atoms with Gasteiger partial charge < -0.3 is 8.92 Å². The van der Waals surface area contributed by atoms with Crippen molar-refractivity contribution < 1.29 is 35.3 Å². The van der Waals surface area contributed by atoms with E-state index in [4.69, 9.17) is 0 Å². The van der Waals surface area contributed by atoms with E-state index < -0.39 is 35.4 Å². The number of methoxy groups -OCH3 is 1. The first-order valence-corrected chi connectivity index (χ1v) is 11.8. The molecule has 0 saturated heterocycles. The fourth-order valence-electron chi connectivity index (χ4n) is 1.63. The molecular weight excluding hydrogens is 421 g/mol. The Morgan fingerprint density at radius 2 is 1.74 bits per heavy atom. The molecule has 0 aromatic heterocycles.